The fourth-order valence-electron chi connectivity index (χ4n) is 11.1. The lowest BCUT2D eigenvalue weighted by atomic mass is 10.0. The Bertz CT molecular complexity index is 1450. The second kappa shape index (κ2) is 69.3. The van der Waals surface area contributed by atoms with Gasteiger partial charge >= 0.3 is 19.8 Å². The third kappa shape index (κ3) is 69.2. The van der Waals surface area contributed by atoms with Crippen LogP contribution in [0.3, 0.4) is 0 Å². The first-order valence-electron chi connectivity index (χ1n) is 36.5. The molecule has 0 fully saturated rings. The summed E-state index contributed by atoms with van der Waals surface area (Å²) in [6.07, 6.45) is 86.9. The van der Waals surface area contributed by atoms with Crippen molar-refractivity contribution >= 4 is 19.8 Å². The summed E-state index contributed by atoms with van der Waals surface area (Å²) in [5, 5.41) is 0. The van der Waals surface area contributed by atoms with E-state index in [1.807, 2.05) is 0 Å². The summed E-state index contributed by atoms with van der Waals surface area (Å²) in [6.45, 7) is 3.81. The van der Waals surface area contributed by atoms with E-state index in [-0.39, 0.29) is 38.6 Å². The lowest BCUT2D eigenvalue weighted by Gasteiger charge is -2.19. The van der Waals surface area contributed by atoms with Crippen LogP contribution in [0.4, 0.5) is 0 Å². The van der Waals surface area contributed by atoms with Crippen LogP contribution in [0.25, 0.3) is 0 Å². The van der Waals surface area contributed by atoms with Gasteiger partial charge in [-0.25, -0.2) is 4.57 Å². The number of carbonyl (C=O) groups excluding carboxylic acids is 2. The Morgan fingerprint density at radius 2 is 0.627 bits per heavy atom. The lowest BCUT2D eigenvalue weighted by Crippen LogP contribution is -2.29. The molecule has 0 saturated heterocycles. The molecule has 0 radical (unpaired) electrons. The molecule has 0 aromatic heterocycles. The summed E-state index contributed by atoms with van der Waals surface area (Å²) in [5.74, 6) is -0.807. The van der Waals surface area contributed by atoms with E-state index in [0.29, 0.717) is 6.42 Å². The standard InChI is InChI=1S/C73H140NO8P/c1-3-5-7-9-11-13-15-17-19-21-23-25-27-29-31-33-34-35-36-38-39-41-43-45-47-49-51-53-55-57-59-61-63-65-72(75)79-69-71(70-81-83(77,78)80-68-67-74)82-73(76)66-64-62-60-58-56-54-52-50-48-46-44-42-40-37-32-30-28-26-24-22-20-18-16-14-12-10-8-6-4-2/h16,18,22,24,28,30,71H,3-15,17,19-21,23,25-27,29,31-70,74H2,1-2H3,(H,77,78)/b18-16-,24-22-,30-28-. The number of nitrogens with two attached hydrogens (primary N) is 1. The molecule has 0 aliphatic heterocycles. The van der Waals surface area contributed by atoms with Crippen LogP contribution in [0, 0.1) is 0 Å². The topological polar surface area (TPSA) is 134 Å². The summed E-state index contributed by atoms with van der Waals surface area (Å²) in [6, 6.07) is 0. The predicted octanol–water partition coefficient (Wildman–Crippen LogP) is 23.9. The number of rotatable bonds is 70. The molecule has 0 aromatic rings. The molecule has 0 bridgehead atoms. The lowest BCUT2D eigenvalue weighted by molar-refractivity contribution is -0.161. The second-order valence-electron chi connectivity index (χ2n) is 24.8. The fourth-order valence-corrected chi connectivity index (χ4v) is 11.9. The zero-order chi connectivity index (χ0) is 60.1. The van der Waals surface area contributed by atoms with Gasteiger partial charge in [0.15, 0.2) is 6.10 Å². The monoisotopic (exact) mass is 1190 g/mol. The van der Waals surface area contributed by atoms with Crippen LogP contribution < -0.4 is 5.73 Å². The van der Waals surface area contributed by atoms with Crippen molar-refractivity contribution in [2.45, 2.75) is 392 Å². The number of phosphoric ester groups is 1. The first kappa shape index (κ1) is 81.2. The average molecular weight is 1190 g/mol. The van der Waals surface area contributed by atoms with Crippen molar-refractivity contribution < 1.29 is 37.6 Å². The number of allylic oxidation sites excluding steroid dienone is 6. The zero-order valence-electron chi connectivity index (χ0n) is 55.2. The molecule has 2 unspecified atom stereocenters. The molecule has 0 spiro atoms. The SMILES string of the molecule is CCCCCCC/C=C\C/C=C\C/C=C\CCCCCCCCCCCCCCCCC(=O)OC(COC(=O)CCCCCCCCCCCCCCCCCCCCCCCCCCCCCCCCCCC)COP(=O)(O)OCCN. The van der Waals surface area contributed by atoms with Crippen molar-refractivity contribution in [3.8, 4) is 0 Å². The smallest absolute Gasteiger partial charge is 0.462 e. The van der Waals surface area contributed by atoms with Gasteiger partial charge in [0.1, 0.15) is 6.61 Å². The minimum atomic E-state index is -4.39. The van der Waals surface area contributed by atoms with Gasteiger partial charge in [-0.1, -0.05) is 359 Å². The minimum absolute atomic E-state index is 0.0554. The molecule has 9 nitrogen and oxygen atoms in total. The molecular weight excluding hydrogens is 1050 g/mol. The van der Waals surface area contributed by atoms with Crippen LogP contribution in [-0.2, 0) is 32.7 Å². The number of hydrogen-bond acceptors (Lipinski definition) is 8. The first-order chi connectivity index (χ1) is 40.8. The van der Waals surface area contributed by atoms with Crippen LogP contribution in [-0.4, -0.2) is 49.3 Å². The van der Waals surface area contributed by atoms with Gasteiger partial charge in [0, 0.05) is 19.4 Å². The third-order valence-electron chi connectivity index (χ3n) is 16.5. The van der Waals surface area contributed by atoms with Crippen LogP contribution in [0.1, 0.15) is 386 Å². The molecule has 0 aliphatic carbocycles. The highest BCUT2D eigenvalue weighted by Crippen LogP contribution is 2.43. The second-order valence-corrected chi connectivity index (χ2v) is 26.3. The van der Waals surface area contributed by atoms with Gasteiger partial charge in [-0.05, 0) is 51.4 Å². The Labute approximate surface area is 515 Å². The molecule has 0 aliphatic rings. The summed E-state index contributed by atoms with van der Waals surface area (Å²) in [7, 11) is -4.39. The predicted molar refractivity (Wildman–Crippen MR) is 358 cm³/mol. The molecular formula is C73H140NO8P. The van der Waals surface area contributed by atoms with Crippen LogP contribution in [0.15, 0.2) is 36.5 Å². The van der Waals surface area contributed by atoms with E-state index in [9.17, 15) is 19.0 Å². The minimum Gasteiger partial charge on any atom is -0.462 e. The number of phosphoric acid groups is 1. The van der Waals surface area contributed by atoms with Crippen LogP contribution in [0.5, 0.6) is 0 Å². The highest BCUT2D eigenvalue weighted by molar-refractivity contribution is 7.47. The zero-order valence-corrected chi connectivity index (χ0v) is 56.1. The average Bonchev–Trinajstić information content (AvgIpc) is 3.49. The number of esters is 2. The van der Waals surface area contributed by atoms with E-state index in [4.69, 9.17) is 24.3 Å². The first-order valence-corrected chi connectivity index (χ1v) is 38.0. The number of unbranched alkanes of at least 4 members (excludes halogenated alkanes) is 51. The molecule has 0 rings (SSSR count). The normalized spacial score (nSPS) is 13.1. The van der Waals surface area contributed by atoms with Gasteiger partial charge in [-0.15, -0.1) is 0 Å². The maximum atomic E-state index is 12.8. The number of hydrogen-bond donors (Lipinski definition) is 2. The van der Waals surface area contributed by atoms with Gasteiger partial charge in [-0.2, -0.15) is 0 Å². The summed E-state index contributed by atoms with van der Waals surface area (Å²) < 4.78 is 33.2. The van der Waals surface area contributed by atoms with Crippen molar-refractivity contribution in [3.63, 3.8) is 0 Å². The van der Waals surface area contributed by atoms with E-state index < -0.39 is 26.5 Å². The van der Waals surface area contributed by atoms with E-state index in [1.165, 1.54) is 302 Å². The molecule has 10 heteroatoms. The van der Waals surface area contributed by atoms with Gasteiger partial charge in [-0.3, -0.25) is 18.6 Å². The molecule has 0 amide bonds. The molecule has 0 saturated carbocycles. The van der Waals surface area contributed by atoms with Gasteiger partial charge in [0.2, 0.25) is 0 Å². The number of ether oxygens (including phenoxy) is 2. The Balaban J connectivity index is 3.80. The van der Waals surface area contributed by atoms with Gasteiger partial charge in [0.05, 0.1) is 13.2 Å². The Morgan fingerprint density at radius 3 is 0.928 bits per heavy atom. The van der Waals surface area contributed by atoms with Crippen molar-refractivity contribution in [1.29, 1.82) is 0 Å². The molecule has 0 aromatic carbocycles. The summed E-state index contributed by atoms with van der Waals surface area (Å²) in [5.41, 5.74) is 5.41. The summed E-state index contributed by atoms with van der Waals surface area (Å²) >= 11 is 0. The highest BCUT2D eigenvalue weighted by Gasteiger charge is 2.26. The van der Waals surface area contributed by atoms with Crippen molar-refractivity contribution in [2.24, 2.45) is 5.73 Å². The Hall–Kier alpha value is -1.77. The molecule has 83 heavy (non-hydrogen) atoms. The quantitative estimate of drug-likeness (QED) is 0.0264. The summed E-state index contributed by atoms with van der Waals surface area (Å²) in [4.78, 5) is 35.4. The fraction of sp³-hybridized carbons (Fsp3) is 0.890. The van der Waals surface area contributed by atoms with Crippen LogP contribution in [0.2, 0.25) is 0 Å². The third-order valence-corrected chi connectivity index (χ3v) is 17.5. The molecule has 2 atom stereocenters. The van der Waals surface area contributed by atoms with E-state index in [1.54, 1.807) is 0 Å². The van der Waals surface area contributed by atoms with Crippen molar-refractivity contribution in [2.75, 3.05) is 26.4 Å². The van der Waals surface area contributed by atoms with Gasteiger partial charge < -0.3 is 20.1 Å². The maximum Gasteiger partial charge on any atom is 0.472 e. The van der Waals surface area contributed by atoms with E-state index >= 15 is 0 Å². The Kier molecular flexibility index (Phi) is 67.9. The Morgan fingerprint density at radius 1 is 0.361 bits per heavy atom. The maximum absolute atomic E-state index is 12.8. The van der Waals surface area contributed by atoms with E-state index in [0.717, 1.165) is 51.4 Å². The van der Waals surface area contributed by atoms with Crippen molar-refractivity contribution in [3.05, 3.63) is 36.5 Å². The highest BCUT2D eigenvalue weighted by atomic mass is 31.2. The van der Waals surface area contributed by atoms with Crippen molar-refractivity contribution in [1.82, 2.24) is 0 Å². The van der Waals surface area contributed by atoms with Crippen LogP contribution >= 0.6 is 7.82 Å². The van der Waals surface area contributed by atoms with Gasteiger partial charge in [0.25, 0.3) is 0 Å². The molecule has 0 heterocycles. The molecule has 3 N–H and O–H groups in total. The van der Waals surface area contributed by atoms with E-state index in [2.05, 4.69) is 50.3 Å². The molecule has 490 valence electrons. The largest absolute Gasteiger partial charge is 0.472 e. The number of carbonyl (C=O) groups is 2.